The van der Waals surface area contributed by atoms with Crippen LogP contribution < -0.4 is 5.32 Å². The van der Waals surface area contributed by atoms with E-state index in [4.69, 9.17) is 9.47 Å². The van der Waals surface area contributed by atoms with Gasteiger partial charge in [0.15, 0.2) is 0 Å². The van der Waals surface area contributed by atoms with Gasteiger partial charge in [0.1, 0.15) is 19.0 Å². The molecule has 7 heteroatoms. The lowest BCUT2D eigenvalue weighted by Gasteiger charge is -2.24. The van der Waals surface area contributed by atoms with Gasteiger partial charge in [-0.3, -0.25) is 4.79 Å². The Hall–Kier alpha value is -3.35. The van der Waals surface area contributed by atoms with Crippen LogP contribution in [0.2, 0.25) is 0 Å². The predicted molar refractivity (Wildman–Crippen MR) is 119 cm³/mol. The number of carbonyl (C=O) groups excluding carboxylic acids is 2. The van der Waals surface area contributed by atoms with Crippen molar-refractivity contribution < 1.29 is 23.5 Å². The van der Waals surface area contributed by atoms with E-state index in [9.17, 15) is 14.0 Å². The number of aryl methyl sites for hydroxylation is 1. The summed E-state index contributed by atoms with van der Waals surface area (Å²) >= 11 is 0. The van der Waals surface area contributed by atoms with Gasteiger partial charge in [0.05, 0.1) is 12.1 Å². The molecule has 0 bridgehead atoms. The van der Waals surface area contributed by atoms with Gasteiger partial charge >= 0.3 is 12.1 Å². The maximum Gasteiger partial charge on any atom is 0.407 e. The number of hydrogen-bond donors (Lipinski definition) is 1. The van der Waals surface area contributed by atoms with E-state index in [1.807, 2.05) is 41.8 Å². The van der Waals surface area contributed by atoms with Crippen molar-refractivity contribution >= 4 is 23.0 Å². The third-order valence-corrected chi connectivity index (χ3v) is 5.84. The van der Waals surface area contributed by atoms with Crippen LogP contribution in [0.25, 0.3) is 10.9 Å². The molecule has 1 atom stereocenters. The minimum atomic E-state index is -0.472. The zero-order valence-corrected chi connectivity index (χ0v) is 18.3. The van der Waals surface area contributed by atoms with Gasteiger partial charge < -0.3 is 19.4 Å². The van der Waals surface area contributed by atoms with E-state index in [0.717, 1.165) is 33.3 Å². The maximum atomic E-state index is 14.2. The highest BCUT2D eigenvalue weighted by atomic mass is 19.1. The fourth-order valence-electron chi connectivity index (χ4n) is 4.52. The number of ether oxygens (including phenoxy) is 2. The molecule has 6 nitrogen and oxygen atoms in total. The van der Waals surface area contributed by atoms with Crippen molar-refractivity contribution in [2.45, 2.75) is 52.3 Å². The summed E-state index contributed by atoms with van der Waals surface area (Å²) in [7, 11) is 0. The molecule has 2 aromatic carbocycles. The van der Waals surface area contributed by atoms with Crippen molar-refractivity contribution in [2.24, 2.45) is 0 Å². The number of halogens is 1. The molecule has 1 unspecified atom stereocenters. The Balaban J connectivity index is 1.54. The van der Waals surface area contributed by atoms with Crippen molar-refractivity contribution in [1.82, 2.24) is 9.88 Å². The Kier molecular flexibility index (Phi) is 6.44. The van der Waals surface area contributed by atoms with Crippen LogP contribution in [0.5, 0.6) is 0 Å². The Labute approximate surface area is 186 Å². The van der Waals surface area contributed by atoms with Gasteiger partial charge in [-0.1, -0.05) is 30.3 Å². The SMILES string of the molecule is CCOC(=O)Cn1c2c(c3cc(F)cc(C)c31)CC(NC(=O)OCc1ccccc1)CC2. The first kappa shape index (κ1) is 21.9. The number of nitrogens with one attached hydrogen (secondary N) is 1. The number of carbonyl (C=O) groups is 2. The third kappa shape index (κ3) is 4.61. The number of hydrogen-bond acceptors (Lipinski definition) is 4. The van der Waals surface area contributed by atoms with E-state index in [-0.39, 0.29) is 31.0 Å². The lowest BCUT2D eigenvalue weighted by atomic mass is 9.91. The topological polar surface area (TPSA) is 69.6 Å². The van der Waals surface area contributed by atoms with Crippen molar-refractivity contribution in [3.63, 3.8) is 0 Å². The highest BCUT2D eigenvalue weighted by molar-refractivity contribution is 5.90. The molecule has 1 aliphatic rings. The summed E-state index contributed by atoms with van der Waals surface area (Å²) in [6, 6.07) is 12.4. The summed E-state index contributed by atoms with van der Waals surface area (Å²) in [5, 5.41) is 3.72. The lowest BCUT2D eigenvalue weighted by molar-refractivity contribution is -0.143. The smallest absolute Gasteiger partial charge is 0.407 e. The molecule has 0 spiro atoms. The van der Waals surface area contributed by atoms with Crippen LogP contribution in [-0.4, -0.2) is 29.3 Å². The molecule has 0 saturated carbocycles. The van der Waals surface area contributed by atoms with Gasteiger partial charge in [-0.25, -0.2) is 9.18 Å². The van der Waals surface area contributed by atoms with Crippen molar-refractivity contribution in [1.29, 1.82) is 0 Å². The zero-order chi connectivity index (χ0) is 22.7. The number of esters is 1. The average molecular weight is 438 g/mol. The predicted octanol–water partition coefficient (Wildman–Crippen LogP) is 4.44. The fourth-order valence-corrected chi connectivity index (χ4v) is 4.52. The molecule has 4 rings (SSSR count). The molecule has 1 heterocycles. The first-order valence-corrected chi connectivity index (χ1v) is 10.9. The molecule has 0 fully saturated rings. The number of alkyl carbamates (subject to hydrolysis) is 1. The second-order valence-electron chi connectivity index (χ2n) is 8.08. The van der Waals surface area contributed by atoms with E-state index in [0.29, 0.717) is 25.9 Å². The number of benzene rings is 2. The van der Waals surface area contributed by atoms with Crippen LogP contribution in [0.3, 0.4) is 0 Å². The number of fused-ring (bicyclic) bond motifs is 3. The lowest BCUT2D eigenvalue weighted by Crippen LogP contribution is -2.39. The van der Waals surface area contributed by atoms with Gasteiger partial charge in [0.25, 0.3) is 0 Å². The normalized spacial score (nSPS) is 15.3. The largest absolute Gasteiger partial charge is 0.465 e. The Bertz CT molecular complexity index is 1140. The molecule has 3 aromatic rings. The fraction of sp³-hybridized carbons (Fsp3) is 0.360. The molecule has 1 aliphatic carbocycles. The zero-order valence-electron chi connectivity index (χ0n) is 18.3. The van der Waals surface area contributed by atoms with Gasteiger partial charge in [0.2, 0.25) is 0 Å². The Morgan fingerprint density at radius 3 is 2.72 bits per heavy atom. The second-order valence-corrected chi connectivity index (χ2v) is 8.08. The van der Waals surface area contributed by atoms with Crippen LogP contribution in [0.4, 0.5) is 9.18 Å². The molecule has 0 aliphatic heterocycles. The van der Waals surface area contributed by atoms with Crippen LogP contribution in [-0.2, 0) is 40.3 Å². The third-order valence-electron chi connectivity index (χ3n) is 5.84. The van der Waals surface area contributed by atoms with Crippen LogP contribution in [0.1, 0.15) is 35.7 Å². The number of rotatable bonds is 6. The van der Waals surface area contributed by atoms with Gasteiger partial charge in [-0.15, -0.1) is 0 Å². The highest BCUT2D eigenvalue weighted by Crippen LogP contribution is 2.34. The van der Waals surface area contributed by atoms with Gasteiger partial charge in [0, 0.05) is 17.1 Å². The Morgan fingerprint density at radius 2 is 1.97 bits per heavy atom. The summed E-state index contributed by atoms with van der Waals surface area (Å²) in [6.07, 6.45) is 1.44. The minimum Gasteiger partial charge on any atom is -0.465 e. The first-order chi connectivity index (χ1) is 15.5. The molecule has 1 N–H and O–H groups in total. The number of aromatic nitrogens is 1. The summed E-state index contributed by atoms with van der Waals surface area (Å²) in [5.41, 5.74) is 4.49. The summed E-state index contributed by atoms with van der Waals surface area (Å²) in [6.45, 7) is 4.21. The molecule has 1 aromatic heterocycles. The average Bonchev–Trinajstić information content (AvgIpc) is 3.06. The monoisotopic (exact) mass is 438 g/mol. The van der Waals surface area contributed by atoms with Crippen molar-refractivity contribution in [3.8, 4) is 0 Å². The van der Waals surface area contributed by atoms with Crippen LogP contribution in [0, 0.1) is 12.7 Å². The summed E-state index contributed by atoms with van der Waals surface area (Å²) < 4.78 is 26.7. The Morgan fingerprint density at radius 1 is 1.19 bits per heavy atom. The van der Waals surface area contributed by atoms with Crippen molar-refractivity contribution in [2.75, 3.05) is 6.61 Å². The summed E-state index contributed by atoms with van der Waals surface area (Å²) in [5.74, 6) is -0.635. The number of nitrogens with zero attached hydrogens (tertiary/aromatic N) is 1. The first-order valence-electron chi connectivity index (χ1n) is 10.9. The van der Waals surface area contributed by atoms with Crippen molar-refractivity contribution in [3.05, 3.63) is 70.7 Å². The maximum absolute atomic E-state index is 14.2. The van der Waals surface area contributed by atoms with Crippen LogP contribution >= 0.6 is 0 Å². The minimum absolute atomic E-state index is 0.0867. The highest BCUT2D eigenvalue weighted by Gasteiger charge is 2.28. The summed E-state index contributed by atoms with van der Waals surface area (Å²) in [4.78, 5) is 24.6. The molecule has 168 valence electrons. The molecule has 1 amide bonds. The van der Waals surface area contributed by atoms with Gasteiger partial charge in [-0.2, -0.15) is 0 Å². The second kappa shape index (κ2) is 9.42. The van der Waals surface area contributed by atoms with Crippen LogP contribution in [0.15, 0.2) is 42.5 Å². The van der Waals surface area contributed by atoms with E-state index in [1.165, 1.54) is 12.1 Å². The van der Waals surface area contributed by atoms with E-state index in [2.05, 4.69) is 5.32 Å². The van der Waals surface area contributed by atoms with E-state index in [1.54, 1.807) is 6.92 Å². The van der Waals surface area contributed by atoms with Gasteiger partial charge in [-0.05, 0) is 61.9 Å². The molecule has 0 radical (unpaired) electrons. The van der Waals surface area contributed by atoms with E-state index >= 15 is 0 Å². The molecular weight excluding hydrogens is 411 g/mol. The molecular formula is C25H27FN2O4. The number of amides is 1. The molecule has 32 heavy (non-hydrogen) atoms. The molecule has 0 saturated heterocycles. The van der Waals surface area contributed by atoms with E-state index < -0.39 is 6.09 Å². The standard InChI is InChI=1S/C25H27FN2O4/c1-3-31-23(29)14-28-22-10-9-19(27-25(30)32-15-17-7-5-4-6-8-17)13-20(22)21-12-18(26)11-16(2)24(21)28/h4-8,11-12,19H,3,9-10,13-15H2,1-2H3,(H,27,30). The quantitative estimate of drug-likeness (QED) is 0.578.